The molecule has 0 aliphatic carbocycles. The van der Waals surface area contributed by atoms with Crippen molar-refractivity contribution in [3.05, 3.63) is 53.9 Å². The molecule has 0 saturated carbocycles. The van der Waals surface area contributed by atoms with E-state index in [2.05, 4.69) is 60.0 Å². The van der Waals surface area contributed by atoms with E-state index in [1.807, 2.05) is 24.4 Å². The van der Waals surface area contributed by atoms with Crippen molar-refractivity contribution in [2.75, 3.05) is 19.5 Å². The first kappa shape index (κ1) is 18.8. The zero-order valence-electron chi connectivity index (χ0n) is 16.6. The lowest BCUT2D eigenvalue weighted by Gasteiger charge is -2.12. The Morgan fingerprint density at radius 2 is 1.96 bits per heavy atom. The average Bonchev–Trinajstić information content (AvgIpc) is 3.00. The summed E-state index contributed by atoms with van der Waals surface area (Å²) in [6.45, 7) is 4.97. The van der Waals surface area contributed by atoms with Crippen molar-refractivity contribution in [1.29, 1.82) is 0 Å². The summed E-state index contributed by atoms with van der Waals surface area (Å²) in [5.41, 5.74) is 3.37. The lowest BCUT2D eigenvalue weighted by atomic mass is 10.2. The van der Waals surface area contributed by atoms with Gasteiger partial charge in [0.2, 0.25) is 0 Å². The molecule has 0 saturated heterocycles. The number of fused-ring (bicyclic) bond motifs is 1. The van der Waals surface area contributed by atoms with Gasteiger partial charge >= 0.3 is 0 Å². The molecule has 0 aliphatic heterocycles. The molecule has 142 valence electrons. The van der Waals surface area contributed by atoms with Crippen molar-refractivity contribution in [2.24, 2.45) is 13.0 Å². The van der Waals surface area contributed by atoms with Gasteiger partial charge in [-0.2, -0.15) is 0 Å². The number of benzene rings is 1. The van der Waals surface area contributed by atoms with Crippen LogP contribution in [-0.2, 0) is 13.6 Å². The van der Waals surface area contributed by atoms with Gasteiger partial charge in [0.1, 0.15) is 17.3 Å². The van der Waals surface area contributed by atoms with E-state index >= 15 is 0 Å². The number of anilines is 1. The quantitative estimate of drug-likeness (QED) is 0.649. The highest BCUT2D eigenvalue weighted by Crippen LogP contribution is 2.26. The van der Waals surface area contributed by atoms with Crippen LogP contribution in [0, 0.1) is 5.92 Å². The maximum Gasteiger partial charge on any atom is 0.128 e. The third kappa shape index (κ3) is 4.25. The van der Waals surface area contributed by atoms with Crippen LogP contribution in [0.1, 0.15) is 25.1 Å². The SMILES string of the molecule is COc1ccc(CNc2cc3c(cn2)cc(/C=C/C(C)C)n3C)c(OC)c1. The Bertz CT molecular complexity index is 958. The molecule has 3 aromatic rings. The molecule has 0 aliphatic rings. The van der Waals surface area contributed by atoms with E-state index in [0.717, 1.165) is 33.8 Å². The highest BCUT2D eigenvalue weighted by Gasteiger charge is 2.08. The predicted octanol–water partition coefficient (Wildman–Crippen LogP) is 4.87. The number of aromatic nitrogens is 2. The van der Waals surface area contributed by atoms with E-state index in [9.17, 15) is 0 Å². The molecule has 0 unspecified atom stereocenters. The van der Waals surface area contributed by atoms with Crippen LogP contribution in [0.15, 0.2) is 42.6 Å². The van der Waals surface area contributed by atoms with Crippen LogP contribution >= 0.6 is 0 Å². The number of aryl methyl sites for hydroxylation is 1. The van der Waals surface area contributed by atoms with Gasteiger partial charge in [0.25, 0.3) is 0 Å². The van der Waals surface area contributed by atoms with Gasteiger partial charge < -0.3 is 19.4 Å². The maximum absolute atomic E-state index is 5.46. The fraction of sp³-hybridized carbons (Fsp3) is 0.318. The molecule has 0 amide bonds. The third-order valence-corrected chi connectivity index (χ3v) is 4.57. The molecule has 0 spiro atoms. The minimum atomic E-state index is 0.526. The lowest BCUT2D eigenvalue weighted by molar-refractivity contribution is 0.391. The van der Waals surface area contributed by atoms with Crippen molar-refractivity contribution < 1.29 is 9.47 Å². The highest BCUT2D eigenvalue weighted by atomic mass is 16.5. The van der Waals surface area contributed by atoms with Crippen LogP contribution in [0.4, 0.5) is 5.82 Å². The second-order valence-electron chi connectivity index (χ2n) is 6.89. The summed E-state index contributed by atoms with van der Waals surface area (Å²) < 4.78 is 12.9. The minimum absolute atomic E-state index is 0.526. The summed E-state index contributed by atoms with van der Waals surface area (Å²) in [6, 6.07) is 10.1. The summed E-state index contributed by atoms with van der Waals surface area (Å²) >= 11 is 0. The topological polar surface area (TPSA) is 48.3 Å². The van der Waals surface area contributed by atoms with Crippen molar-refractivity contribution in [3.8, 4) is 11.5 Å². The van der Waals surface area contributed by atoms with Gasteiger partial charge in [-0.05, 0) is 30.2 Å². The molecular weight excluding hydrogens is 338 g/mol. The van der Waals surface area contributed by atoms with E-state index in [0.29, 0.717) is 12.5 Å². The summed E-state index contributed by atoms with van der Waals surface area (Å²) in [5.74, 6) is 2.93. The Kier molecular flexibility index (Phi) is 5.69. The van der Waals surface area contributed by atoms with E-state index in [4.69, 9.17) is 9.47 Å². The number of hydrogen-bond donors (Lipinski definition) is 1. The molecule has 5 heteroatoms. The van der Waals surface area contributed by atoms with Crippen LogP contribution in [0.3, 0.4) is 0 Å². The highest BCUT2D eigenvalue weighted by molar-refractivity contribution is 5.84. The van der Waals surface area contributed by atoms with Gasteiger partial charge in [0.15, 0.2) is 0 Å². The molecule has 2 heterocycles. The van der Waals surface area contributed by atoms with E-state index in [1.165, 1.54) is 5.69 Å². The number of pyridine rings is 1. The van der Waals surface area contributed by atoms with Crippen LogP contribution in [-0.4, -0.2) is 23.8 Å². The van der Waals surface area contributed by atoms with Crippen LogP contribution in [0.25, 0.3) is 17.0 Å². The Labute approximate surface area is 160 Å². The average molecular weight is 365 g/mol. The first-order chi connectivity index (χ1) is 13.0. The number of methoxy groups -OCH3 is 2. The fourth-order valence-corrected chi connectivity index (χ4v) is 2.98. The number of nitrogens with one attached hydrogen (secondary N) is 1. The van der Waals surface area contributed by atoms with Crippen molar-refractivity contribution in [3.63, 3.8) is 0 Å². The molecule has 2 aromatic heterocycles. The monoisotopic (exact) mass is 365 g/mol. The largest absolute Gasteiger partial charge is 0.497 e. The van der Waals surface area contributed by atoms with Crippen molar-refractivity contribution in [2.45, 2.75) is 20.4 Å². The van der Waals surface area contributed by atoms with E-state index in [-0.39, 0.29) is 0 Å². The molecular formula is C22H27N3O2. The molecule has 0 bridgehead atoms. The molecule has 1 aromatic carbocycles. The molecule has 3 rings (SSSR count). The zero-order chi connectivity index (χ0) is 19.4. The van der Waals surface area contributed by atoms with Gasteiger partial charge in [0.05, 0.1) is 19.7 Å². The molecule has 0 atom stereocenters. The molecule has 27 heavy (non-hydrogen) atoms. The smallest absolute Gasteiger partial charge is 0.128 e. The van der Waals surface area contributed by atoms with Crippen molar-refractivity contribution in [1.82, 2.24) is 9.55 Å². The second-order valence-corrected chi connectivity index (χ2v) is 6.89. The minimum Gasteiger partial charge on any atom is -0.497 e. The van der Waals surface area contributed by atoms with Crippen LogP contribution in [0.2, 0.25) is 0 Å². The van der Waals surface area contributed by atoms with Crippen LogP contribution < -0.4 is 14.8 Å². The van der Waals surface area contributed by atoms with Gasteiger partial charge in [-0.3, -0.25) is 0 Å². The maximum atomic E-state index is 5.46. The predicted molar refractivity (Wildman–Crippen MR) is 111 cm³/mol. The van der Waals surface area contributed by atoms with E-state index < -0.39 is 0 Å². The third-order valence-electron chi connectivity index (χ3n) is 4.57. The zero-order valence-corrected chi connectivity index (χ0v) is 16.6. The van der Waals surface area contributed by atoms with Gasteiger partial charge in [-0.15, -0.1) is 0 Å². The van der Waals surface area contributed by atoms with Gasteiger partial charge in [-0.25, -0.2) is 4.98 Å². The Balaban J connectivity index is 1.81. The molecule has 5 nitrogen and oxygen atoms in total. The number of allylic oxidation sites excluding steroid dienone is 1. The summed E-state index contributed by atoms with van der Waals surface area (Å²) in [7, 11) is 5.40. The summed E-state index contributed by atoms with van der Waals surface area (Å²) in [4.78, 5) is 4.55. The number of ether oxygens (including phenoxy) is 2. The lowest BCUT2D eigenvalue weighted by Crippen LogP contribution is -2.03. The van der Waals surface area contributed by atoms with Crippen molar-refractivity contribution >= 4 is 22.8 Å². The Morgan fingerprint density at radius 1 is 1.15 bits per heavy atom. The summed E-state index contributed by atoms with van der Waals surface area (Å²) in [5, 5.41) is 4.52. The first-order valence-electron chi connectivity index (χ1n) is 9.10. The van der Waals surface area contributed by atoms with Crippen LogP contribution in [0.5, 0.6) is 11.5 Å². The number of hydrogen-bond acceptors (Lipinski definition) is 4. The normalized spacial score (nSPS) is 11.5. The van der Waals surface area contributed by atoms with Gasteiger partial charge in [0, 0.05) is 48.6 Å². The van der Waals surface area contributed by atoms with E-state index in [1.54, 1.807) is 14.2 Å². The molecule has 0 fully saturated rings. The molecule has 0 radical (unpaired) electrons. The first-order valence-corrected chi connectivity index (χ1v) is 9.10. The Hall–Kier alpha value is -2.95. The number of nitrogens with zero attached hydrogens (tertiary/aromatic N) is 2. The summed E-state index contributed by atoms with van der Waals surface area (Å²) in [6.07, 6.45) is 6.28. The standard InChI is InChI=1S/C22H27N3O2/c1-15(2)6-8-18-10-17-14-24-22(12-20(17)25(18)3)23-13-16-7-9-19(26-4)11-21(16)27-5/h6-12,14-15H,13H2,1-5H3,(H,23,24)/b8-6+. The molecule has 1 N–H and O–H groups in total. The second kappa shape index (κ2) is 8.16. The fourth-order valence-electron chi connectivity index (χ4n) is 2.98. The number of rotatable bonds is 7. The van der Waals surface area contributed by atoms with Gasteiger partial charge in [-0.1, -0.05) is 19.9 Å². The Morgan fingerprint density at radius 3 is 2.67 bits per heavy atom.